The number of rotatable bonds is 6. The second kappa shape index (κ2) is 9.47. The topological polar surface area (TPSA) is 21.3 Å². The molecule has 1 aliphatic carbocycles. The summed E-state index contributed by atoms with van der Waals surface area (Å²) < 4.78 is 5.83. The number of benzene rings is 2. The van der Waals surface area contributed by atoms with E-state index < -0.39 is 0 Å². The lowest BCUT2D eigenvalue weighted by molar-refractivity contribution is 0.306. The Labute approximate surface area is 160 Å². The summed E-state index contributed by atoms with van der Waals surface area (Å²) in [4.78, 5) is 0. The number of hydrogen-bond donors (Lipinski definition) is 1. The van der Waals surface area contributed by atoms with E-state index in [0.717, 1.165) is 17.9 Å². The molecule has 25 heavy (non-hydrogen) atoms. The normalized spacial score (nSPS) is 15.8. The van der Waals surface area contributed by atoms with Crippen LogP contribution in [-0.2, 0) is 13.2 Å². The molecule has 0 radical (unpaired) electrons. The zero-order chi connectivity index (χ0) is 17.5. The third-order valence-electron chi connectivity index (χ3n) is 4.78. The van der Waals surface area contributed by atoms with Gasteiger partial charge in [-0.25, -0.2) is 0 Å². The number of ether oxygens (including phenoxy) is 1. The maximum Gasteiger partial charge on any atom is 0.119 e. The zero-order valence-corrected chi connectivity index (χ0v) is 16.0. The highest BCUT2D eigenvalue weighted by Gasteiger charge is 2.11. The molecule has 2 aromatic carbocycles. The molecule has 1 aliphatic rings. The van der Waals surface area contributed by atoms with E-state index in [2.05, 4.69) is 17.4 Å². The minimum atomic E-state index is 0.440. The number of halogens is 2. The van der Waals surface area contributed by atoms with E-state index >= 15 is 0 Å². The fourth-order valence-electron chi connectivity index (χ4n) is 3.25. The van der Waals surface area contributed by atoms with Gasteiger partial charge in [-0.05, 0) is 42.7 Å². The lowest BCUT2D eigenvalue weighted by Gasteiger charge is -2.16. The first-order chi connectivity index (χ1) is 12.2. The van der Waals surface area contributed by atoms with E-state index in [-0.39, 0.29) is 0 Å². The average molecular weight is 378 g/mol. The van der Waals surface area contributed by atoms with Gasteiger partial charge >= 0.3 is 0 Å². The van der Waals surface area contributed by atoms with Crippen LogP contribution in [0.15, 0.2) is 42.5 Å². The Morgan fingerprint density at radius 2 is 1.64 bits per heavy atom. The lowest BCUT2D eigenvalue weighted by Crippen LogP contribution is -2.27. The van der Waals surface area contributed by atoms with E-state index in [0.29, 0.717) is 22.7 Å². The van der Waals surface area contributed by atoms with Gasteiger partial charge in [0, 0.05) is 28.2 Å². The zero-order valence-electron chi connectivity index (χ0n) is 14.4. The standard InChI is InChI=1S/C21H25Cl2NO/c22-18-10-9-17(21(23)13-18)15-25-20-11-7-16(8-12-20)14-24-19-5-3-1-2-4-6-19/h7-13,19,24H,1-6,14-15H2. The van der Waals surface area contributed by atoms with Gasteiger partial charge in [0.1, 0.15) is 12.4 Å². The van der Waals surface area contributed by atoms with Gasteiger partial charge < -0.3 is 10.1 Å². The van der Waals surface area contributed by atoms with E-state index in [1.165, 1.54) is 44.1 Å². The Kier molecular flexibility index (Phi) is 7.03. The van der Waals surface area contributed by atoms with Crippen LogP contribution in [0, 0.1) is 0 Å². The van der Waals surface area contributed by atoms with Crippen molar-refractivity contribution in [3.05, 3.63) is 63.6 Å². The maximum absolute atomic E-state index is 6.17. The molecule has 3 rings (SSSR count). The summed E-state index contributed by atoms with van der Waals surface area (Å²) >= 11 is 12.1. The smallest absolute Gasteiger partial charge is 0.119 e. The van der Waals surface area contributed by atoms with Crippen LogP contribution in [0.5, 0.6) is 5.75 Å². The van der Waals surface area contributed by atoms with Gasteiger partial charge in [-0.3, -0.25) is 0 Å². The summed E-state index contributed by atoms with van der Waals surface area (Å²) in [6.07, 6.45) is 8.12. The molecule has 0 aliphatic heterocycles. The molecule has 0 bridgehead atoms. The molecule has 1 fully saturated rings. The summed E-state index contributed by atoms with van der Waals surface area (Å²) in [6, 6.07) is 14.4. The quantitative estimate of drug-likeness (QED) is 0.589. The summed E-state index contributed by atoms with van der Waals surface area (Å²) in [7, 11) is 0. The molecule has 0 spiro atoms. The fraction of sp³-hybridized carbons (Fsp3) is 0.429. The van der Waals surface area contributed by atoms with Crippen molar-refractivity contribution in [2.45, 2.75) is 57.7 Å². The fourth-order valence-corrected chi connectivity index (χ4v) is 3.71. The molecule has 0 amide bonds. The van der Waals surface area contributed by atoms with Crippen molar-refractivity contribution in [1.29, 1.82) is 0 Å². The predicted octanol–water partition coefficient (Wildman–Crippen LogP) is 6.38. The molecule has 2 aromatic rings. The summed E-state index contributed by atoms with van der Waals surface area (Å²) in [6.45, 7) is 1.36. The molecule has 0 heterocycles. The number of nitrogens with one attached hydrogen (secondary N) is 1. The van der Waals surface area contributed by atoms with Crippen LogP contribution in [0.1, 0.15) is 49.7 Å². The van der Waals surface area contributed by atoms with Crippen LogP contribution in [-0.4, -0.2) is 6.04 Å². The molecule has 0 atom stereocenters. The van der Waals surface area contributed by atoms with Gasteiger partial charge in [0.05, 0.1) is 0 Å². The molecule has 2 nitrogen and oxygen atoms in total. The first-order valence-electron chi connectivity index (χ1n) is 9.10. The van der Waals surface area contributed by atoms with Crippen LogP contribution in [0.4, 0.5) is 0 Å². The van der Waals surface area contributed by atoms with Crippen molar-refractivity contribution < 1.29 is 4.74 Å². The third-order valence-corrected chi connectivity index (χ3v) is 5.37. The second-order valence-corrected chi connectivity index (χ2v) is 7.58. The van der Waals surface area contributed by atoms with Gasteiger partial charge in [0.2, 0.25) is 0 Å². The molecule has 1 N–H and O–H groups in total. The minimum Gasteiger partial charge on any atom is -0.489 e. The first kappa shape index (κ1) is 18.6. The van der Waals surface area contributed by atoms with Crippen molar-refractivity contribution in [2.24, 2.45) is 0 Å². The van der Waals surface area contributed by atoms with Crippen molar-refractivity contribution in [1.82, 2.24) is 5.32 Å². The van der Waals surface area contributed by atoms with Crippen molar-refractivity contribution in [3.63, 3.8) is 0 Å². The lowest BCUT2D eigenvalue weighted by atomic mass is 10.1. The monoisotopic (exact) mass is 377 g/mol. The molecular formula is C21H25Cl2NO. The molecule has 0 saturated heterocycles. The first-order valence-corrected chi connectivity index (χ1v) is 9.85. The molecule has 0 aromatic heterocycles. The Hall–Kier alpha value is -1.22. The van der Waals surface area contributed by atoms with Crippen molar-refractivity contribution >= 4 is 23.2 Å². The van der Waals surface area contributed by atoms with Gasteiger partial charge in [-0.1, -0.05) is 67.1 Å². The van der Waals surface area contributed by atoms with Crippen molar-refractivity contribution in [2.75, 3.05) is 0 Å². The minimum absolute atomic E-state index is 0.440. The molecular weight excluding hydrogens is 353 g/mol. The van der Waals surface area contributed by atoms with Crippen LogP contribution in [0.2, 0.25) is 10.0 Å². The highest BCUT2D eigenvalue weighted by molar-refractivity contribution is 6.35. The second-order valence-electron chi connectivity index (χ2n) is 6.74. The van der Waals surface area contributed by atoms with Gasteiger partial charge in [0.25, 0.3) is 0 Å². The van der Waals surface area contributed by atoms with Crippen LogP contribution in [0.25, 0.3) is 0 Å². The average Bonchev–Trinajstić information content (AvgIpc) is 2.89. The Morgan fingerprint density at radius 3 is 2.32 bits per heavy atom. The summed E-state index contributed by atoms with van der Waals surface area (Å²) in [5.74, 6) is 0.851. The van der Waals surface area contributed by atoms with E-state index in [1.807, 2.05) is 24.3 Å². The summed E-state index contributed by atoms with van der Waals surface area (Å²) in [5.41, 5.74) is 2.23. The van der Waals surface area contributed by atoms with E-state index in [9.17, 15) is 0 Å². The highest BCUT2D eigenvalue weighted by atomic mass is 35.5. The van der Waals surface area contributed by atoms with E-state index in [1.54, 1.807) is 6.07 Å². The van der Waals surface area contributed by atoms with Crippen LogP contribution >= 0.6 is 23.2 Å². The summed E-state index contributed by atoms with van der Waals surface area (Å²) in [5, 5.41) is 4.97. The molecule has 4 heteroatoms. The van der Waals surface area contributed by atoms with E-state index in [4.69, 9.17) is 27.9 Å². The third kappa shape index (κ3) is 5.91. The van der Waals surface area contributed by atoms with Gasteiger partial charge in [-0.15, -0.1) is 0 Å². The molecule has 134 valence electrons. The highest BCUT2D eigenvalue weighted by Crippen LogP contribution is 2.23. The largest absolute Gasteiger partial charge is 0.489 e. The predicted molar refractivity (Wildman–Crippen MR) is 106 cm³/mol. The number of hydrogen-bond acceptors (Lipinski definition) is 2. The Balaban J connectivity index is 1.48. The molecule has 1 saturated carbocycles. The Bertz CT molecular complexity index is 664. The van der Waals surface area contributed by atoms with Crippen LogP contribution < -0.4 is 10.1 Å². The Morgan fingerprint density at radius 1 is 0.920 bits per heavy atom. The van der Waals surface area contributed by atoms with Gasteiger partial charge in [0.15, 0.2) is 0 Å². The van der Waals surface area contributed by atoms with Crippen molar-refractivity contribution in [3.8, 4) is 5.75 Å². The SMILES string of the molecule is Clc1ccc(COc2ccc(CNC3CCCCCC3)cc2)c(Cl)c1. The molecule has 0 unspecified atom stereocenters. The van der Waals surface area contributed by atoms with Crippen LogP contribution in [0.3, 0.4) is 0 Å². The maximum atomic E-state index is 6.17. The van der Waals surface area contributed by atoms with Gasteiger partial charge in [-0.2, -0.15) is 0 Å².